The van der Waals surface area contributed by atoms with Gasteiger partial charge in [-0.15, -0.1) is 0 Å². The number of carbonyl (C=O) groups excluding carboxylic acids is 3. The quantitative estimate of drug-likeness (QED) is 0.578. The van der Waals surface area contributed by atoms with Crippen molar-refractivity contribution in [1.82, 2.24) is 10.2 Å². The molecule has 1 heterocycles. The number of ether oxygens (including phenoxy) is 1. The van der Waals surface area contributed by atoms with Gasteiger partial charge in [0.1, 0.15) is 0 Å². The van der Waals surface area contributed by atoms with Crippen molar-refractivity contribution in [2.24, 2.45) is 0 Å². The minimum absolute atomic E-state index is 0.588. The number of esters is 1. The summed E-state index contributed by atoms with van der Waals surface area (Å²) in [4.78, 5) is 33.1. The molecule has 14 heavy (non-hydrogen) atoms. The molecule has 0 spiro atoms. The van der Waals surface area contributed by atoms with E-state index in [9.17, 15) is 18.8 Å². The minimum Gasteiger partial charge on any atom is -0.438 e. The van der Waals surface area contributed by atoms with Gasteiger partial charge in [-0.25, -0.2) is 9.18 Å². The van der Waals surface area contributed by atoms with Crippen molar-refractivity contribution in [3.8, 4) is 0 Å². The normalized spacial score (nSPS) is 27.2. The molecule has 3 amide bonds. The molecule has 0 aromatic carbocycles. The van der Waals surface area contributed by atoms with Crippen molar-refractivity contribution < 1.29 is 23.5 Å². The van der Waals surface area contributed by atoms with Crippen LogP contribution in [0.1, 0.15) is 6.92 Å². The van der Waals surface area contributed by atoms with Crippen molar-refractivity contribution in [2.45, 2.75) is 19.3 Å². The molecule has 7 heteroatoms. The van der Waals surface area contributed by atoms with Gasteiger partial charge in [-0.05, 0) is 0 Å². The van der Waals surface area contributed by atoms with Crippen molar-refractivity contribution in [1.29, 1.82) is 0 Å². The molecule has 1 N–H and O–H groups in total. The number of alkyl halides is 1. The zero-order valence-electron chi connectivity index (χ0n) is 7.61. The van der Waals surface area contributed by atoms with Crippen LogP contribution in [-0.4, -0.2) is 42.3 Å². The smallest absolute Gasteiger partial charge is 0.326 e. The van der Waals surface area contributed by atoms with Crippen molar-refractivity contribution in [3.63, 3.8) is 0 Å². The molecule has 0 aliphatic carbocycles. The first kappa shape index (κ1) is 10.4. The number of hydrogen-bond donors (Lipinski definition) is 1. The molecule has 2 atom stereocenters. The van der Waals surface area contributed by atoms with Crippen molar-refractivity contribution in [3.05, 3.63) is 0 Å². The molecule has 1 aliphatic rings. The van der Waals surface area contributed by atoms with Crippen LogP contribution in [0.25, 0.3) is 0 Å². The Morgan fingerprint density at radius 2 is 2.14 bits per heavy atom. The number of urea groups is 1. The highest BCUT2D eigenvalue weighted by atomic mass is 19.1. The van der Waals surface area contributed by atoms with E-state index in [4.69, 9.17) is 0 Å². The molecule has 0 bridgehead atoms. The number of nitrogens with one attached hydrogen (secondary N) is 1. The molecule has 1 aliphatic heterocycles. The largest absolute Gasteiger partial charge is 0.438 e. The lowest BCUT2D eigenvalue weighted by molar-refractivity contribution is -0.158. The zero-order valence-corrected chi connectivity index (χ0v) is 7.61. The summed E-state index contributed by atoms with van der Waals surface area (Å²) in [7, 11) is 1.13. The van der Waals surface area contributed by atoms with E-state index in [1.165, 1.54) is 0 Å². The van der Waals surface area contributed by atoms with Crippen LogP contribution in [0.15, 0.2) is 0 Å². The molecule has 0 aromatic heterocycles. The second-order valence-electron chi connectivity index (χ2n) is 2.78. The second-order valence-corrected chi connectivity index (χ2v) is 2.78. The van der Waals surface area contributed by atoms with Crippen molar-refractivity contribution >= 4 is 17.9 Å². The summed E-state index contributed by atoms with van der Waals surface area (Å²) in [6, 6.07) is -0.796. The van der Waals surface area contributed by atoms with Gasteiger partial charge >= 0.3 is 12.0 Å². The van der Waals surface area contributed by atoms with E-state index >= 15 is 0 Å². The first-order chi connectivity index (χ1) is 6.43. The van der Waals surface area contributed by atoms with Crippen LogP contribution < -0.4 is 5.32 Å². The third kappa shape index (κ3) is 1.81. The Labute approximate surface area is 79.0 Å². The molecule has 0 saturated carbocycles. The number of nitrogens with zero attached hydrogens (tertiary/aromatic N) is 1. The van der Waals surface area contributed by atoms with Crippen LogP contribution in [-0.2, 0) is 14.3 Å². The van der Waals surface area contributed by atoms with Crippen molar-refractivity contribution in [2.75, 3.05) is 7.05 Å². The number of carbonyl (C=O) groups is 3. The van der Waals surface area contributed by atoms with Crippen LogP contribution in [0.2, 0.25) is 0 Å². The highest BCUT2D eigenvalue weighted by Crippen LogP contribution is 2.11. The monoisotopic (exact) mass is 204 g/mol. The van der Waals surface area contributed by atoms with E-state index in [1.54, 1.807) is 0 Å². The van der Waals surface area contributed by atoms with Gasteiger partial charge < -0.3 is 4.74 Å². The Kier molecular flexibility index (Phi) is 2.68. The van der Waals surface area contributed by atoms with E-state index in [0.29, 0.717) is 4.90 Å². The molecular weight excluding hydrogens is 195 g/mol. The lowest BCUT2D eigenvalue weighted by Crippen LogP contribution is -2.61. The molecule has 0 radical (unpaired) electrons. The fraction of sp³-hybridized carbons (Fsp3) is 0.571. The maximum Gasteiger partial charge on any atom is 0.326 e. The summed E-state index contributed by atoms with van der Waals surface area (Å²) in [6.07, 6.45) is -3.58. The predicted molar refractivity (Wildman–Crippen MR) is 41.8 cm³/mol. The SMILES string of the molecule is CC(=O)O[C@@H]1NC(=O)N(C)C(=O)[C@@H]1F. The standard InChI is InChI=1S/C7H9FN2O4/c1-3(11)14-5-4(8)6(12)10(2)7(13)9-5/h4-5H,1-2H3,(H,9,13)/t4-,5+/m1/s1. The van der Waals surface area contributed by atoms with Crippen LogP contribution >= 0.6 is 0 Å². The van der Waals surface area contributed by atoms with E-state index < -0.39 is 30.3 Å². The minimum atomic E-state index is -2.05. The Morgan fingerprint density at radius 3 is 2.64 bits per heavy atom. The maximum absolute atomic E-state index is 13.1. The van der Waals surface area contributed by atoms with Gasteiger partial charge in [-0.2, -0.15) is 0 Å². The average molecular weight is 204 g/mol. The van der Waals surface area contributed by atoms with Gasteiger partial charge in [0.05, 0.1) is 0 Å². The summed E-state index contributed by atoms with van der Waals surface area (Å²) in [5.41, 5.74) is 0. The third-order valence-electron chi connectivity index (χ3n) is 1.70. The fourth-order valence-electron chi connectivity index (χ4n) is 0.974. The summed E-state index contributed by atoms with van der Waals surface area (Å²) in [5, 5.41) is 2.03. The average Bonchev–Trinajstić information content (AvgIpc) is 2.10. The van der Waals surface area contributed by atoms with Crippen LogP contribution in [0, 0.1) is 0 Å². The molecule has 6 nitrogen and oxygen atoms in total. The number of amides is 3. The number of halogens is 1. The molecule has 1 rings (SSSR count). The third-order valence-corrected chi connectivity index (χ3v) is 1.70. The lowest BCUT2D eigenvalue weighted by Gasteiger charge is -2.30. The molecular formula is C7H9FN2O4. The van der Waals surface area contributed by atoms with E-state index in [0.717, 1.165) is 14.0 Å². The highest BCUT2D eigenvalue weighted by Gasteiger charge is 2.41. The molecule has 1 saturated heterocycles. The molecule has 0 aromatic rings. The Morgan fingerprint density at radius 1 is 1.57 bits per heavy atom. The predicted octanol–water partition coefficient (Wildman–Crippen LogP) is -0.605. The summed E-state index contributed by atoms with van der Waals surface area (Å²) in [5.74, 6) is -1.80. The number of rotatable bonds is 1. The van der Waals surface area contributed by atoms with E-state index in [2.05, 4.69) is 4.74 Å². The molecule has 78 valence electrons. The van der Waals surface area contributed by atoms with Gasteiger partial charge in [-0.3, -0.25) is 19.8 Å². The van der Waals surface area contributed by atoms with Gasteiger partial charge in [0.15, 0.2) is 0 Å². The van der Waals surface area contributed by atoms with E-state index in [-0.39, 0.29) is 0 Å². The van der Waals surface area contributed by atoms with Crippen LogP contribution in [0.4, 0.5) is 9.18 Å². The zero-order chi connectivity index (χ0) is 10.9. The van der Waals surface area contributed by atoms with Crippen LogP contribution in [0.5, 0.6) is 0 Å². The summed E-state index contributed by atoms with van der Waals surface area (Å²) in [6.45, 7) is 1.06. The summed E-state index contributed by atoms with van der Waals surface area (Å²) >= 11 is 0. The second kappa shape index (κ2) is 3.60. The number of hydrogen-bond acceptors (Lipinski definition) is 4. The lowest BCUT2D eigenvalue weighted by atomic mass is 10.2. The van der Waals surface area contributed by atoms with Gasteiger partial charge in [0, 0.05) is 14.0 Å². The summed E-state index contributed by atoms with van der Waals surface area (Å²) < 4.78 is 17.5. The number of imide groups is 1. The Bertz CT molecular complexity index is 293. The first-order valence-corrected chi connectivity index (χ1v) is 3.83. The fourth-order valence-corrected chi connectivity index (χ4v) is 0.974. The topological polar surface area (TPSA) is 75.7 Å². The highest BCUT2D eigenvalue weighted by molar-refractivity contribution is 5.99. The van der Waals surface area contributed by atoms with Crippen LogP contribution in [0.3, 0.4) is 0 Å². The maximum atomic E-state index is 13.1. The van der Waals surface area contributed by atoms with Gasteiger partial charge in [0.2, 0.25) is 12.4 Å². The Balaban J connectivity index is 2.75. The van der Waals surface area contributed by atoms with E-state index in [1.807, 2.05) is 5.32 Å². The molecule has 0 unspecified atom stereocenters. The first-order valence-electron chi connectivity index (χ1n) is 3.83. The van der Waals surface area contributed by atoms with Gasteiger partial charge in [-0.1, -0.05) is 0 Å². The molecule has 1 fully saturated rings. The van der Waals surface area contributed by atoms with Gasteiger partial charge in [0.25, 0.3) is 5.91 Å². The Hall–Kier alpha value is -1.66.